The first-order valence-corrected chi connectivity index (χ1v) is 5.29. The predicted octanol–water partition coefficient (Wildman–Crippen LogP) is 2.41. The number of halogens is 1. The molecule has 0 saturated heterocycles. The van der Waals surface area contributed by atoms with E-state index in [-0.39, 0.29) is 5.78 Å². The normalized spacial score (nSPS) is 10.6. The molecule has 0 radical (unpaired) electrons. The maximum Gasteiger partial charge on any atom is 0.196 e. The highest BCUT2D eigenvalue weighted by Crippen LogP contribution is 2.15. The van der Waals surface area contributed by atoms with Crippen LogP contribution in [0.1, 0.15) is 27.2 Å². The number of carbonyl (C=O) groups is 1. The van der Waals surface area contributed by atoms with E-state index in [1.807, 2.05) is 0 Å². The number of carbonyl (C=O) groups excluding carboxylic acids is 1. The second kappa shape index (κ2) is 4.13. The Morgan fingerprint density at radius 3 is 2.53 bits per heavy atom. The van der Waals surface area contributed by atoms with Crippen molar-refractivity contribution in [2.24, 2.45) is 7.05 Å². The molecule has 0 aliphatic rings. The largest absolute Gasteiger partial charge is 0.288 e. The first kappa shape index (κ1) is 11.5. The van der Waals surface area contributed by atoms with Crippen LogP contribution in [0.4, 0.5) is 4.39 Å². The zero-order valence-electron chi connectivity index (χ0n) is 9.99. The summed E-state index contributed by atoms with van der Waals surface area (Å²) in [6.45, 7) is 3.52. The van der Waals surface area contributed by atoms with Crippen LogP contribution in [0.5, 0.6) is 0 Å². The summed E-state index contributed by atoms with van der Waals surface area (Å²) in [5.74, 6) is -0.590. The van der Waals surface area contributed by atoms with Crippen LogP contribution in [-0.4, -0.2) is 15.6 Å². The van der Waals surface area contributed by atoms with Crippen LogP contribution in [0.3, 0.4) is 0 Å². The summed E-state index contributed by atoms with van der Waals surface area (Å²) in [6.07, 6.45) is 1.65. The molecule has 88 valence electrons. The van der Waals surface area contributed by atoms with Gasteiger partial charge < -0.3 is 0 Å². The van der Waals surface area contributed by atoms with E-state index in [1.165, 1.54) is 12.1 Å². The minimum absolute atomic E-state index is 0.196. The van der Waals surface area contributed by atoms with Crippen molar-refractivity contribution in [3.8, 4) is 0 Å². The second-order valence-electron chi connectivity index (χ2n) is 4.15. The first-order valence-electron chi connectivity index (χ1n) is 5.29. The highest BCUT2D eigenvalue weighted by Gasteiger charge is 2.15. The molecular weight excluding hydrogens is 219 g/mol. The average Bonchev–Trinajstić information content (AvgIpc) is 2.55. The lowest BCUT2D eigenvalue weighted by atomic mass is 10.0. The third-order valence-corrected chi connectivity index (χ3v) is 2.56. The van der Waals surface area contributed by atoms with Crippen molar-refractivity contribution in [3.63, 3.8) is 0 Å². The zero-order valence-corrected chi connectivity index (χ0v) is 9.99. The Morgan fingerprint density at radius 2 is 2.00 bits per heavy atom. The maximum absolute atomic E-state index is 13.2. The number of hydrogen-bond acceptors (Lipinski definition) is 2. The van der Waals surface area contributed by atoms with E-state index < -0.39 is 5.82 Å². The number of aromatic nitrogens is 2. The molecule has 2 aromatic rings. The van der Waals surface area contributed by atoms with Gasteiger partial charge in [-0.3, -0.25) is 9.48 Å². The molecular formula is C13H13FN2O. The molecule has 0 aliphatic carbocycles. The summed E-state index contributed by atoms with van der Waals surface area (Å²) >= 11 is 0. The van der Waals surface area contributed by atoms with Crippen molar-refractivity contribution in [2.45, 2.75) is 13.8 Å². The fraction of sp³-hybridized carbons (Fsp3) is 0.231. The standard InChI is InChI=1S/C13H13FN2O/c1-8-4-10(6-11(14)5-8)13(17)12-7-16(3)15-9(12)2/h4-7H,1-3H3. The second-order valence-corrected chi connectivity index (χ2v) is 4.15. The number of nitrogens with zero attached hydrogens (tertiary/aromatic N) is 2. The van der Waals surface area contributed by atoms with Crippen LogP contribution in [0, 0.1) is 19.7 Å². The summed E-state index contributed by atoms with van der Waals surface area (Å²) in [7, 11) is 1.75. The van der Waals surface area contributed by atoms with Gasteiger partial charge in [-0.25, -0.2) is 4.39 Å². The molecule has 3 nitrogen and oxygen atoms in total. The molecule has 17 heavy (non-hydrogen) atoms. The van der Waals surface area contributed by atoms with Crippen LogP contribution < -0.4 is 0 Å². The molecule has 0 bridgehead atoms. The molecule has 0 spiro atoms. The number of aryl methyl sites for hydroxylation is 3. The van der Waals surface area contributed by atoms with Gasteiger partial charge >= 0.3 is 0 Å². The molecule has 0 unspecified atom stereocenters. The molecule has 4 heteroatoms. The van der Waals surface area contributed by atoms with Gasteiger partial charge in [0, 0.05) is 18.8 Å². The van der Waals surface area contributed by atoms with E-state index in [0.29, 0.717) is 16.8 Å². The van der Waals surface area contributed by atoms with Crippen LogP contribution >= 0.6 is 0 Å². The van der Waals surface area contributed by atoms with Crippen molar-refractivity contribution >= 4 is 5.78 Å². The van der Waals surface area contributed by atoms with Crippen molar-refractivity contribution in [2.75, 3.05) is 0 Å². The van der Waals surface area contributed by atoms with Gasteiger partial charge in [-0.2, -0.15) is 5.10 Å². The van der Waals surface area contributed by atoms with E-state index in [4.69, 9.17) is 0 Å². The van der Waals surface area contributed by atoms with E-state index in [9.17, 15) is 9.18 Å². The van der Waals surface area contributed by atoms with Crippen LogP contribution in [0.2, 0.25) is 0 Å². The van der Waals surface area contributed by atoms with Gasteiger partial charge in [-0.05, 0) is 37.6 Å². The van der Waals surface area contributed by atoms with Gasteiger partial charge in [-0.15, -0.1) is 0 Å². The smallest absolute Gasteiger partial charge is 0.196 e. The SMILES string of the molecule is Cc1cc(F)cc(C(=O)c2cn(C)nc2C)c1. The van der Waals surface area contributed by atoms with Crippen LogP contribution in [0.15, 0.2) is 24.4 Å². The molecule has 1 aromatic carbocycles. The number of ketones is 1. The monoisotopic (exact) mass is 232 g/mol. The number of benzene rings is 1. The molecule has 0 fully saturated rings. The Kier molecular flexibility index (Phi) is 2.79. The molecule has 0 amide bonds. The van der Waals surface area contributed by atoms with Gasteiger partial charge in [0.05, 0.1) is 11.3 Å². The van der Waals surface area contributed by atoms with Gasteiger partial charge in [0.2, 0.25) is 0 Å². The lowest BCUT2D eigenvalue weighted by Crippen LogP contribution is -2.03. The Labute approximate surface area is 98.9 Å². The van der Waals surface area contributed by atoms with Crippen molar-refractivity contribution < 1.29 is 9.18 Å². The van der Waals surface area contributed by atoms with Gasteiger partial charge in [0.1, 0.15) is 5.82 Å². The lowest BCUT2D eigenvalue weighted by molar-refractivity contribution is 0.103. The van der Waals surface area contributed by atoms with Crippen molar-refractivity contribution in [1.82, 2.24) is 9.78 Å². The van der Waals surface area contributed by atoms with Crippen molar-refractivity contribution in [3.05, 3.63) is 52.6 Å². The number of rotatable bonds is 2. The van der Waals surface area contributed by atoms with Gasteiger partial charge in [0.25, 0.3) is 0 Å². The maximum atomic E-state index is 13.2. The molecule has 0 atom stereocenters. The molecule has 1 aromatic heterocycles. The Morgan fingerprint density at radius 1 is 1.29 bits per heavy atom. The van der Waals surface area contributed by atoms with Crippen LogP contribution in [-0.2, 0) is 7.05 Å². The molecule has 1 heterocycles. The summed E-state index contributed by atoms with van der Waals surface area (Å²) in [5.41, 5.74) is 2.26. The van der Waals surface area contributed by atoms with Gasteiger partial charge in [0.15, 0.2) is 5.78 Å². The molecule has 2 rings (SSSR count). The molecule has 0 aliphatic heterocycles. The topological polar surface area (TPSA) is 34.9 Å². The summed E-state index contributed by atoms with van der Waals surface area (Å²) in [4.78, 5) is 12.2. The molecule has 0 N–H and O–H groups in total. The quantitative estimate of drug-likeness (QED) is 0.745. The predicted molar refractivity (Wildman–Crippen MR) is 62.5 cm³/mol. The van der Waals surface area contributed by atoms with E-state index >= 15 is 0 Å². The van der Waals surface area contributed by atoms with E-state index in [0.717, 1.165) is 5.56 Å². The highest BCUT2D eigenvalue weighted by atomic mass is 19.1. The lowest BCUT2D eigenvalue weighted by Gasteiger charge is -2.01. The Balaban J connectivity index is 2.47. The minimum Gasteiger partial charge on any atom is -0.288 e. The van der Waals surface area contributed by atoms with Gasteiger partial charge in [-0.1, -0.05) is 0 Å². The summed E-state index contributed by atoms with van der Waals surface area (Å²) < 4.78 is 14.8. The summed E-state index contributed by atoms with van der Waals surface area (Å²) in [6, 6.07) is 4.33. The third kappa shape index (κ3) is 2.25. The fourth-order valence-electron chi connectivity index (χ4n) is 1.85. The highest BCUT2D eigenvalue weighted by molar-refractivity contribution is 6.09. The first-order chi connectivity index (χ1) is 7.97. The zero-order chi connectivity index (χ0) is 12.6. The van der Waals surface area contributed by atoms with Crippen molar-refractivity contribution in [1.29, 1.82) is 0 Å². The number of hydrogen-bond donors (Lipinski definition) is 0. The van der Waals surface area contributed by atoms with Crippen LogP contribution in [0.25, 0.3) is 0 Å². The van der Waals surface area contributed by atoms with E-state index in [1.54, 1.807) is 37.8 Å². The minimum atomic E-state index is -0.394. The van der Waals surface area contributed by atoms with E-state index in [2.05, 4.69) is 5.10 Å². The summed E-state index contributed by atoms with van der Waals surface area (Å²) in [5, 5.41) is 4.10. The average molecular weight is 232 g/mol. The Hall–Kier alpha value is -1.97. The Bertz CT molecular complexity index is 567. The molecule has 0 saturated carbocycles. The fourth-order valence-corrected chi connectivity index (χ4v) is 1.85. The third-order valence-electron chi connectivity index (χ3n) is 2.56.